The topological polar surface area (TPSA) is 51.2 Å². The highest BCUT2D eigenvalue weighted by atomic mass is 16.6. The molecule has 0 radical (unpaired) electrons. The second-order valence-corrected chi connectivity index (χ2v) is 3.52. The van der Waals surface area contributed by atoms with Gasteiger partial charge in [0.05, 0.1) is 5.69 Å². The number of rotatable bonds is 4. The molecule has 1 aromatic carbocycles. The molecule has 17 heavy (non-hydrogen) atoms. The molecule has 0 unspecified atom stereocenters. The number of pyridine rings is 1. The van der Waals surface area contributed by atoms with Crippen molar-refractivity contribution in [2.45, 2.75) is 6.92 Å². The summed E-state index contributed by atoms with van der Waals surface area (Å²) in [5.74, 6) is 0.686. The van der Waals surface area contributed by atoms with Gasteiger partial charge in [-0.2, -0.15) is 0 Å². The van der Waals surface area contributed by atoms with Crippen molar-refractivity contribution in [1.29, 1.82) is 0 Å². The van der Waals surface area contributed by atoms with E-state index in [4.69, 9.17) is 4.84 Å². The van der Waals surface area contributed by atoms with Crippen molar-refractivity contribution in [3.8, 4) is 5.75 Å². The molecule has 0 aliphatic rings. The zero-order chi connectivity index (χ0) is 12.1. The second-order valence-electron chi connectivity index (χ2n) is 3.52. The highest BCUT2D eigenvalue weighted by Crippen LogP contribution is 2.13. The molecule has 0 bridgehead atoms. The summed E-state index contributed by atoms with van der Waals surface area (Å²) in [5, 5.41) is 0. The van der Waals surface area contributed by atoms with Crippen molar-refractivity contribution in [1.82, 2.24) is 4.98 Å². The molecular formula is C13H12N2O2. The van der Waals surface area contributed by atoms with Gasteiger partial charge in [0, 0.05) is 18.0 Å². The summed E-state index contributed by atoms with van der Waals surface area (Å²) in [6.07, 6.45) is 3.34. The number of carbonyl (C=O) groups excluding carboxylic acids is 1. The third kappa shape index (κ3) is 3.04. The molecule has 86 valence electrons. The number of carbonyl (C=O) groups is 1. The summed E-state index contributed by atoms with van der Waals surface area (Å²) < 4.78 is 0. The molecule has 0 saturated heterocycles. The number of hydrogen-bond donors (Lipinski definition) is 1. The maximum atomic E-state index is 11.1. The summed E-state index contributed by atoms with van der Waals surface area (Å²) in [5.41, 5.74) is 4.27. The lowest BCUT2D eigenvalue weighted by atomic mass is 10.1. The van der Waals surface area contributed by atoms with Crippen molar-refractivity contribution in [2.75, 3.05) is 5.48 Å². The Morgan fingerprint density at radius 2 is 1.76 bits per heavy atom. The van der Waals surface area contributed by atoms with E-state index in [9.17, 15) is 4.79 Å². The fourth-order valence-electron chi connectivity index (χ4n) is 1.30. The minimum atomic E-state index is 0.0404. The summed E-state index contributed by atoms with van der Waals surface area (Å²) in [6, 6.07) is 10.5. The van der Waals surface area contributed by atoms with E-state index in [2.05, 4.69) is 10.5 Å². The van der Waals surface area contributed by atoms with Crippen LogP contribution in [0, 0.1) is 0 Å². The van der Waals surface area contributed by atoms with Crippen LogP contribution in [-0.2, 0) is 0 Å². The van der Waals surface area contributed by atoms with E-state index in [1.54, 1.807) is 48.8 Å². The smallest absolute Gasteiger partial charge is 0.159 e. The number of nitrogens with one attached hydrogen (secondary N) is 1. The average molecular weight is 228 g/mol. The lowest BCUT2D eigenvalue weighted by molar-refractivity contribution is 0.101. The third-order valence-corrected chi connectivity index (χ3v) is 2.23. The fraction of sp³-hybridized carbons (Fsp3) is 0.0769. The molecule has 0 aliphatic carbocycles. The zero-order valence-corrected chi connectivity index (χ0v) is 9.38. The largest absolute Gasteiger partial charge is 0.382 e. The van der Waals surface area contributed by atoms with Crippen LogP contribution in [0.1, 0.15) is 17.3 Å². The van der Waals surface area contributed by atoms with Crippen LogP contribution < -0.4 is 10.3 Å². The van der Waals surface area contributed by atoms with Gasteiger partial charge < -0.3 is 4.84 Å². The van der Waals surface area contributed by atoms with Crippen LogP contribution in [0.5, 0.6) is 5.75 Å². The summed E-state index contributed by atoms with van der Waals surface area (Å²) in [7, 11) is 0. The number of benzene rings is 1. The molecule has 1 aromatic heterocycles. The van der Waals surface area contributed by atoms with Gasteiger partial charge in [0.15, 0.2) is 11.5 Å². The number of nitrogens with zero attached hydrogens (tertiary/aromatic N) is 1. The first-order valence-electron chi connectivity index (χ1n) is 5.19. The third-order valence-electron chi connectivity index (χ3n) is 2.23. The first-order chi connectivity index (χ1) is 8.25. The minimum absolute atomic E-state index is 0.0404. The van der Waals surface area contributed by atoms with Gasteiger partial charge in [0.1, 0.15) is 0 Å². The molecule has 0 saturated carbocycles. The lowest BCUT2D eigenvalue weighted by Crippen LogP contribution is -2.04. The second kappa shape index (κ2) is 5.12. The highest BCUT2D eigenvalue weighted by Gasteiger charge is 1.99. The van der Waals surface area contributed by atoms with Crippen molar-refractivity contribution in [2.24, 2.45) is 0 Å². The lowest BCUT2D eigenvalue weighted by Gasteiger charge is -2.07. The Hall–Kier alpha value is -2.36. The molecule has 0 fully saturated rings. The zero-order valence-electron chi connectivity index (χ0n) is 9.38. The molecule has 4 heteroatoms. The first kappa shape index (κ1) is 11.1. The molecule has 2 aromatic rings. The van der Waals surface area contributed by atoms with Gasteiger partial charge in [-0.1, -0.05) is 0 Å². The molecule has 4 nitrogen and oxygen atoms in total. The van der Waals surface area contributed by atoms with Crippen molar-refractivity contribution in [3.05, 3.63) is 54.4 Å². The Morgan fingerprint density at radius 1 is 1.12 bits per heavy atom. The van der Waals surface area contributed by atoms with Crippen LogP contribution in [0.25, 0.3) is 0 Å². The van der Waals surface area contributed by atoms with Crippen LogP contribution in [0.3, 0.4) is 0 Å². The molecule has 0 aliphatic heterocycles. The van der Waals surface area contributed by atoms with Gasteiger partial charge in [-0.05, 0) is 43.3 Å². The number of ketones is 1. The molecular weight excluding hydrogens is 216 g/mol. The molecule has 1 heterocycles. The van der Waals surface area contributed by atoms with Crippen LogP contribution in [0.4, 0.5) is 5.69 Å². The molecule has 0 atom stereocenters. The van der Waals surface area contributed by atoms with E-state index in [0.29, 0.717) is 11.3 Å². The average Bonchev–Trinajstić information content (AvgIpc) is 2.38. The maximum absolute atomic E-state index is 11.1. The summed E-state index contributed by atoms with van der Waals surface area (Å²) in [6.45, 7) is 1.53. The van der Waals surface area contributed by atoms with E-state index in [1.165, 1.54) is 6.92 Å². The predicted molar refractivity (Wildman–Crippen MR) is 64.9 cm³/mol. The normalized spacial score (nSPS) is 9.71. The highest BCUT2D eigenvalue weighted by molar-refractivity contribution is 5.94. The number of hydrogen-bond acceptors (Lipinski definition) is 4. The van der Waals surface area contributed by atoms with E-state index < -0.39 is 0 Å². The van der Waals surface area contributed by atoms with Crippen LogP contribution in [0.2, 0.25) is 0 Å². The molecule has 0 spiro atoms. The van der Waals surface area contributed by atoms with Crippen molar-refractivity contribution < 1.29 is 9.63 Å². The quantitative estimate of drug-likeness (QED) is 0.645. The van der Waals surface area contributed by atoms with E-state index in [-0.39, 0.29) is 5.78 Å². The van der Waals surface area contributed by atoms with Crippen molar-refractivity contribution in [3.63, 3.8) is 0 Å². The van der Waals surface area contributed by atoms with E-state index >= 15 is 0 Å². The molecule has 1 N–H and O–H groups in total. The van der Waals surface area contributed by atoms with Crippen LogP contribution in [-0.4, -0.2) is 10.8 Å². The number of Topliss-reactive ketones (excluding diaryl/α,β-unsaturated/α-hetero) is 1. The first-order valence-corrected chi connectivity index (χ1v) is 5.19. The Kier molecular flexibility index (Phi) is 3.35. The van der Waals surface area contributed by atoms with Gasteiger partial charge in [0.2, 0.25) is 0 Å². The van der Waals surface area contributed by atoms with Gasteiger partial charge in [-0.3, -0.25) is 9.78 Å². The van der Waals surface area contributed by atoms with E-state index in [1.807, 2.05) is 0 Å². The van der Waals surface area contributed by atoms with Gasteiger partial charge in [0.25, 0.3) is 0 Å². The minimum Gasteiger partial charge on any atom is -0.382 e. The Bertz CT molecular complexity index is 495. The predicted octanol–water partition coefficient (Wildman–Crippen LogP) is 2.69. The Balaban J connectivity index is 1.98. The fourth-order valence-corrected chi connectivity index (χ4v) is 1.30. The monoisotopic (exact) mass is 228 g/mol. The van der Waals surface area contributed by atoms with Crippen LogP contribution >= 0.6 is 0 Å². The summed E-state index contributed by atoms with van der Waals surface area (Å²) in [4.78, 5) is 20.3. The molecule has 0 amide bonds. The standard InChI is InChI=1S/C13H12N2O2/c1-10(16)11-2-4-13(5-3-11)17-15-12-6-8-14-9-7-12/h2-9H,1H3,(H,14,15). The maximum Gasteiger partial charge on any atom is 0.159 e. The van der Waals surface area contributed by atoms with E-state index in [0.717, 1.165) is 5.69 Å². The number of anilines is 1. The van der Waals surface area contributed by atoms with Gasteiger partial charge in [-0.25, -0.2) is 5.48 Å². The van der Waals surface area contributed by atoms with Gasteiger partial charge in [-0.15, -0.1) is 0 Å². The van der Waals surface area contributed by atoms with Crippen LogP contribution in [0.15, 0.2) is 48.8 Å². The Labute approximate surface area is 99.2 Å². The number of aromatic nitrogens is 1. The Morgan fingerprint density at radius 3 is 2.35 bits per heavy atom. The SMILES string of the molecule is CC(=O)c1ccc(ONc2ccncc2)cc1. The van der Waals surface area contributed by atoms with Gasteiger partial charge >= 0.3 is 0 Å². The van der Waals surface area contributed by atoms with Crippen molar-refractivity contribution >= 4 is 11.5 Å². The molecule has 2 rings (SSSR count). The summed E-state index contributed by atoms with van der Waals surface area (Å²) >= 11 is 0.